The maximum absolute atomic E-state index is 13.0. The Morgan fingerprint density at radius 2 is 1.22 bits per heavy atom. The van der Waals surface area contributed by atoms with Gasteiger partial charge in [0.1, 0.15) is 12.2 Å². The van der Waals surface area contributed by atoms with Crippen molar-refractivity contribution >= 4 is 41.8 Å². The van der Waals surface area contributed by atoms with Gasteiger partial charge in [-0.25, -0.2) is 0 Å². The number of ether oxygens (including phenoxy) is 13. The summed E-state index contributed by atoms with van der Waals surface area (Å²) in [5.74, 6) is -4.56. The molecule has 0 amide bonds. The van der Waals surface area contributed by atoms with E-state index in [-0.39, 0.29) is 72.1 Å². The molecule has 3 saturated carbocycles. The molecule has 72 heavy (non-hydrogen) atoms. The molecule has 0 aromatic heterocycles. The van der Waals surface area contributed by atoms with Gasteiger partial charge in [0.25, 0.3) is 0 Å². The van der Waals surface area contributed by atoms with Crippen molar-refractivity contribution in [2.75, 3.05) is 13.2 Å². The van der Waals surface area contributed by atoms with Crippen LogP contribution in [0.1, 0.15) is 128 Å². The first kappa shape index (κ1) is 54.1. The zero-order valence-electron chi connectivity index (χ0n) is 43.6. The predicted molar refractivity (Wildman–Crippen MR) is 245 cm³/mol. The zero-order valence-corrected chi connectivity index (χ0v) is 43.6. The van der Waals surface area contributed by atoms with E-state index in [0.29, 0.717) is 19.4 Å². The molecule has 0 aromatic carbocycles. The molecule has 4 aliphatic heterocycles. The summed E-state index contributed by atoms with van der Waals surface area (Å²) in [6.45, 7) is 19.2. The van der Waals surface area contributed by atoms with E-state index in [1.807, 2.05) is 6.92 Å². The smallest absolute Gasteiger partial charge is 0.303 e. The summed E-state index contributed by atoms with van der Waals surface area (Å²) in [5.41, 5.74) is 0.325. The highest BCUT2D eigenvalue weighted by molar-refractivity contribution is 5.69. The quantitative estimate of drug-likeness (QED) is 0.151. The van der Waals surface area contributed by atoms with Gasteiger partial charge in [-0.1, -0.05) is 39.3 Å². The maximum Gasteiger partial charge on any atom is 0.303 e. The lowest BCUT2D eigenvalue weighted by Crippen LogP contribution is -2.65. The van der Waals surface area contributed by atoms with E-state index in [1.165, 1.54) is 34.6 Å². The van der Waals surface area contributed by atoms with Crippen LogP contribution in [-0.4, -0.2) is 141 Å². The molecule has 0 aromatic rings. The molecule has 20 nitrogen and oxygen atoms in total. The number of carbonyl (C=O) groups excluding carboxylic acids is 7. The van der Waals surface area contributed by atoms with Crippen LogP contribution in [-0.2, 0) is 95.1 Å². The molecule has 0 bridgehead atoms. The van der Waals surface area contributed by atoms with Crippen LogP contribution in [0.2, 0.25) is 0 Å². The number of hydrogen-bond acceptors (Lipinski definition) is 20. The molecule has 7 fully saturated rings. The SMILES string of the molecule is CC(=O)O[C@@H]1CC2=CC[C@H]3[C@@H]4C[C@@H]5O[C@]6(C[C@H](OC(C)=O)[C@@H](C)CO6)[C@@H](C)[C@@H]5[C@@]4(C)CC[C@@H]3[C@@]2(C)[C@H](O[C@@H]2OC[C@H](OC(C)=O)[C@H](OC(C)=O)[C@H]2O[C@@H]2O[C@@H](C)[C@H](OC(C)=O)[C@@H](OC(C)=O)[C@H]2OC(C)=O)C1. The van der Waals surface area contributed by atoms with Gasteiger partial charge in [0.2, 0.25) is 0 Å². The van der Waals surface area contributed by atoms with E-state index >= 15 is 0 Å². The summed E-state index contributed by atoms with van der Waals surface area (Å²) in [7, 11) is 0. The molecular formula is C52H74O20. The summed E-state index contributed by atoms with van der Waals surface area (Å²) in [6, 6.07) is 0. The van der Waals surface area contributed by atoms with Gasteiger partial charge in [-0.2, -0.15) is 0 Å². The molecule has 4 saturated heterocycles. The van der Waals surface area contributed by atoms with E-state index in [4.69, 9.17) is 61.6 Å². The van der Waals surface area contributed by atoms with Gasteiger partial charge in [-0.3, -0.25) is 33.6 Å². The Balaban J connectivity index is 1.13. The average molecular weight is 1020 g/mol. The van der Waals surface area contributed by atoms with Crippen molar-refractivity contribution in [2.24, 2.45) is 46.3 Å². The first-order chi connectivity index (χ1) is 33.8. The molecular weight excluding hydrogens is 945 g/mol. The Hall–Kier alpha value is -4.21. The topological polar surface area (TPSA) is 239 Å². The van der Waals surface area contributed by atoms with Crippen LogP contribution in [0.4, 0.5) is 0 Å². The fraction of sp³-hybridized carbons (Fsp3) is 0.827. The van der Waals surface area contributed by atoms with Crippen molar-refractivity contribution in [1.29, 1.82) is 0 Å². The monoisotopic (exact) mass is 1020 g/mol. The van der Waals surface area contributed by atoms with Gasteiger partial charge in [0, 0.05) is 85.0 Å². The van der Waals surface area contributed by atoms with Crippen molar-refractivity contribution in [1.82, 2.24) is 0 Å². The van der Waals surface area contributed by atoms with Gasteiger partial charge in [-0.15, -0.1) is 0 Å². The van der Waals surface area contributed by atoms with Crippen molar-refractivity contribution in [3.63, 3.8) is 0 Å². The number of allylic oxidation sites excluding steroid dienone is 1. The molecule has 0 N–H and O–H groups in total. The summed E-state index contributed by atoms with van der Waals surface area (Å²) >= 11 is 0. The minimum Gasteiger partial charge on any atom is -0.462 e. The zero-order chi connectivity index (χ0) is 52.4. The van der Waals surface area contributed by atoms with E-state index in [9.17, 15) is 33.6 Å². The highest BCUT2D eigenvalue weighted by Crippen LogP contribution is 2.71. The van der Waals surface area contributed by atoms with Crippen LogP contribution in [0.3, 0.4) is 0 Å². The van der Waals surface area contributed by atoms with Crippen molar-refractivity contribution in [2.45, 2.75) is 214 Å². The van der Waals surface area contributed by atoms with Crippen LogP contribution in [0.5, 0.6) is 0 Å². The Labute approximate surface area is 420 Å². The molecule has 0 radical (unpaired) electrons. The van der Waals surface area contributed by atoms with Gasteiger partial charge < -0.3 is 61.6 Å². The molecule has 4 aliphatic carbocycles. The molecule has 0 unspecified atom stereocenters. The lowest BCUT2D eigenvalue weighted by molar-refractivity contribution is -0.364. The second-order valence-electron chi connectivity index (χ2n) is 22.1. The molecule has 4 heterocycles. The highest BCUT2D eigenvalue weighted by Gasteiger charge is 2.70. The van der Waals surface area contributed by atoms with Crippen LogP contribution in [0.25, 0.3) is 0 Å². The number of rotatable bonds is 11. The summed E-state index contributed by atoms with van der Waals surface area (Å²) < 4.78 is 80.6. The third-order valence-electron chi connectivity index (χ3n) is 17.4. The summed E-state index contributed by atoms with van der Waals surface area (Å²) in [5, 5.41) is 0. The standard InChI is InChI=1S/C52H74O20/c1-23-21-61-52(20-39(23)64-27(5)54)24(2)42-38(72-52)19-37-35-14-13-33-17-34(63-26(4)53)18-41(51(33,12)36(35)15-16-50(37,42)11)70-48-46(44(67-30(8)57)40(22-60-48)65-28(6)55)71-49-47(69-32(10)59)45(68-31(9)58)43(25(3)62-49)66-29(7)56/h13,23-25,34-49H,14-22H2,1-12H3/t23-,24-,25-,34+,35+,36-,37-,38-,39-,40-,41+,42-,43-,44-,45+,46+,47+,48-,49-,50-,51-,52+/m0/s1. The second-order valence-corrected chi connectivity index (χ2v) is 22.1. The van der Waals surface area contributed by atoms with Gasteiger partial charge in [-0.05, 0) is 61.7 Å². The molecule has 8 rings (SSSR count). The van der Waals surface area contributed by atoms with Crippen LogP contribution in [0.15, 0.2) is 11.6 Å². The van der Waals surface area contributed by atoms with E-state index in [0.717, 1.165) is 45.1 Å². The highest BCUT2D eigenvalue weighted by atomic mass is 16.8. The number of carbonyl (C=O) groups is 7. The van der Waals surface area contributed by atoms with Crippen LogP contribution >= 0.6 is 0 Å². The van der Waals surface area contributed by atoms with E-state index in [1.54, 1.807) is 6.92 Å². The van der Waals surface area contributed by atoms with Gasteiger partial charge >= 0.3 is 41.8 Å². The number of esters is 7. The fourth-order valence-corrected chi connectivity index (χ4v) is 14.6. The normalized spacial score (nSPS) is 45.1. The predicted octanol–water partition coefficient (Wildman–Crippen LogP) is 4.97. The molecule has 22 atom stereocenters. The molecule has 20 heteroatoms. The largest absolute Gasteiger partial charge is 0.462 e. The molecule has 8 aliphatic rings. The summed E-state index contributed by atoms with van der Waals surface area (Å²) in [6.07, 6.45) is -7.09. The minimum absolute atomic E-state index is 0.0370. The van der Waals surface area contributed by atoms with E-state index < -0.39 is 115 Å². The number of hydrogen-bond donors (Lipinski definition) is 0. The Bertz CT molecular complexity index is 2140. The Kier molecular flexibility index (Phi) is 15.6. The second kappa shape index (κ2) is 20.8. The average Bonchev–Trinajstić information content (AvgIpc) is 3.71. The lowest BCUT2D eigenvalue weighted by atomic mass is 9.46. The van der Waals surface area contributed by atoms with Gasteiger partial charge in [0.15, 0.2) is 55.0 Å². The van der Waals surface area contributed by atoms with Crippen molar-refractivity contribution in [3.05, 3.63) is 11.6 Å². The Morgan fingerprint density at radius 3 is 1.86 bits per heavy atom. The molecule has 402 valence electrons. The van der Waals surface area contributed by atoms with Crippen LogP contribution < -0.4 is 0 Å². The third kappa shape index (κ3) is 10.3. The lowest BCUT2D eigenvalue weighted by Gasteiger charge is -2.60. The Morgan fingerprint density at radius 1 is 0.625 bits per heavy atom. The maximum atomic E-state index is 13.0. The fourth-order valence-electron chi connectivity index (χ4n) is 14.6. The number of fused-ring (bicyclic) bond motifs is 7. The van der Waals surface area contributed by atoms with Crippen LogP contribution in [0, 0.1) is 46.3 Å². The van der Waals surface area contributed by atoms with Crippen molar-refractivity contribution < 1.29 is 95.1 Å². The first-order valence-corrected chi connectivity index (χ1v) is 25.6. The minimum atomic E-state index is -1.60. The van der Waals surface area contributed by atoms with E-state index in [2.05, 4.69) is 26.8 Å². The van der Waals surface area contributed by atoms with Gasteiger partial charge in [0.05, 0.1) is 31.5 Å². The third-order valence-corrected chi connectivity index (χ3v) is 17.4. The van der Waals surface area contributed by atoms with Crippen molar-refractivity contribution in [3.8, 4) is 0 Å². The summed E-state index contributed by atoms with van der Waals surface area (Å²) in [4.78, 5) is 87.9. The first-order valence-electron chi connectivity index (χ1n) is 25.6. The molecule has 1 spiro atoms.